The van der Waals surface area contributed by atoms with Crippen molar-refractivity contribution >= 4 is 5.97 Å². The molecule has 0 unspecified atom stereocenters. The zero-order chi connectivity index (χ0) is 7.11. The van der Waals surface area contributed by atoms with E-state index in [1.54, 1.807) is 0 Å². The van der Waals surface area contributed by atoms with Crippen molar-refractivity contribution < 1.29 is 14.3 Å². The lowest BCUT2D eigenvalue weighted by atomic mass is 10.6. The van der Waals surface area contributed by atoms with Gasteiger partial charge in [-0.05, 0) is 6.92 Å². The molecular formula is C6H10O3. The first-order valence-corrected chi connectivity index (χ1v) is 2.67. The molecule has 0 amide bonds. The van der Waals surface area contributed by atoms with Gasteiger partial charge in [0.05, 0.1) is 26.1 Å². The molecule has 0 heterocycles. The zero-order valence-electron chi connectivity index (χ0n) is 5.59. The summed E-state index contributed by atoms with van der Waals surface area (Å²) >= 11 is 0. The molecule has 0 aromatic heterocycles. The summed E-state index contributed by atoms with van der Waals surface area (Å²) in [7, 11) is 1.32. The van der Waals surface area contributed by atoms with Crippen LogP contribution in [0.5, 0.6) is 0 Å². The normalized spacial score (nSPS) is 9.56. The van der Waals surface area contributed by atoms with Crippen molar-refractivity contribution in [2.75, 3.05) is 13.7 Å². The SMILES string of the molecule is CCOC=CC(=O)OC. The third-order valence-corrected chi connectivity index (χ3v) is 0.668. The maximum Gasteiger partial charge on any atom is 0.333 e. The summed E-state index contributed by atoms with van der Waals surface area (Å²) in [5.41, 5.74) is 0. The molecule has 0 N–H and O–H groups in total. The van der Waals surface area contributed by atoms with Gasteiger partial charge < -0.3 is 9.47 Å². The third-order valence-electron chi connectivity index (χ3n) is 0.668. The number of ether oxygens (including phenoxy) is 2. The van der Waals surface area contributed by atoms with Crippen LogP contribution in [0.15, 0.2) is 12.3 Å². The summed E-state index contributed by atoms with van der Waals surface area (Å²) in [5.74, 6) is -0.400. The smallest absolute Gasteiger partial charge is 0.333 e. The standard InChI is InChI=1S/C6H10O3/c1-3-9-5-4-6(7)8-2/h4-5H,3H2,1-2H3. The minimum absolute atomic E-state index is 0.400. The van der Waals surface area contributed by atoms with Crippen molar-refractivity contribution in [2.24, 2.45) is 0 Å². The van der Waals surface area contributed by atoms with Crippen molar-refractivity contribution in [3.05, 3.63) is 12.3 Å². The lowest BCUT2D eigenvalue weighted by molar-refractivity contribution is -0.134. The van der Waals surface area contributed by atoms with Gasteiger partial charge in [0.2, 0.25) is 0 Å². The highest BCUT2D eigenvalue weighted by Gasteiger charge is 1.87. The Kier molecular flexibility index (Phi) is 4.59. The van der Waals surface area contributed by atoms with E-state index in [2.05, 4.69) is 4.74 Å². The van der Waals surface area contributed by atoms with Crippen LogP contribution < -0.4 is 0 Å². The second-order valence-electron chi connectivity index (χ2n) is 1.28. The fourth-order valence-electron chi connectivity index (χ4n) is 0.268. The van der Waals surface area contributed by atoms with E-state index in [0.717, 1.165) is 0 Å². The summed E-state index contributed by atoms with van der Waals surface area (Å²) < 4.78 is 9.02. The molecule has 0 aromatic rings. The molecule has 0 spiro atoms. The first-order valence-electron chi connectivity index (χ1n) is 2.67. The lowest BCUT2D eigenvalue weighted by Crippen LogP contribution is -1.94. The summed E-state index contributed by atoms with van der Waals surface area (Å²) in [6.45, 7) is 2.40. The highest BCUT2D eigenvalue weighted by Crippen LogP contribution is 1.79. The summed E-state index contributed by atoms with van der Waals surface area (Å²) in [6, 6.07) is 0. The van der Waals surface area contributed by atoms with Crippen LogP contribution in [0.3, 0.4) is 0 Å². The minimum atomic E-state index is -0.400. The van der Waals surface area contributed by atoms with E-state index in [9.17, 15) is 4.79 Å². The molecule has 0 saturated carbocycles. The summed E-state index contributed by atoms with van der Waals surface area (Å²) in [4.78, 5) is 10.3. The number of hydrogen-bond donors (Lipinski definition) is 0. The van der Waals surface area contributed by atoms with E-state index >= 15 is 0 Å². The first-order chi connectivity index (χ1) is 4.31. The average molecular weight is 130 g/mol. The molecule has 0 aliphatic carbocycles. The monoisotopic (exact) mass is 130 g/mol. The van der Waals surface area contributed by atoms with E-state index in [1.165, 1.54) is 19.4 Å². The van der Waals surface area contributed by atoms with E-state index in [1.807, 2.05) is 6.92 Å². The molecule has 0 rings (SSSR count). The second kappa shape index (κ2) is 5.15. The first kappa shape index (κ1) is 8.01. The van der Waals surface area contributed by atoms with Gasteiger partial charge in [-0.25, -0.2) is 4.79 Å². The van der Waals surface area contributed by atoms with Gasteiger partial charge in [0.1, 0.15) is 0 Å². The van der Waals surface area contributed by atoms with Crippen molar-refractivity contribution in [1.29, 1.82) is 0 Å². The molecule has 0 fully saturated rings. The fourth-order valence-corrected chi connectivity index (χ4v) is 0.268. The van der Waals surface area contributed by atoms with Gasteiger partial charge in [-0.3, -0.25) is 0 Å². The van der Waals surface area contributed by atoms with Crippen LogP contribution in [-0.4, -0.2) is 19.7 Å². The minimum Gasteiger partial charge on any atom is -0.501 e. The number of esters is 1. The Balaban J connectivity index is 3.32. The van der Waals surface area contributed by atoms with Crippen LogP contribution in [0.1, 0.15) is 6.92 Å². The largest absolute Gasteiger partial charge is 0.501 e. The molecule has 0 bridgehead atoms. The zero-order valence-corrected chi connectivity index (χ0v) is 5.59. The van der Waals surface area contributed by atoms with Crippen molar-refractivity contribution in [3.63, 3.8) is 0 Å². The van der Waals surface area contributed by atoms with Gasteiger partial charge in [0.15, 0.2) is 0 Å². The Morgan fingerprint density at radius 3 is 2.78 bits per heavy atom. The van der Waals surface area contributed by atoms with Crippen LogP contribution in [0.2, 0.25) is 0 Å². The molecule has 0 atom stereocenters. The molecule has 3 nitrogen and oxygen atoms in total. The average Bonchev–Trinajstić information content (AvgIpc) is 1.89. The lowest BCUT2D eigenvalue weighted by Gasteiger charge is -1.91. The van der Waals surface area contributed by atoms with E-state index in [4.69, 9.17) is 4.74 Å². The highest BCUT2D eigenvalue weighted by molar-refractivity contribution is 5.81. The predicted octanol–water partition coefficient (Wildman–Crippen LogP) is 0.710. The molecule has 0 radical (unpaired) electrons. The quantitative estimate of drug-likeness (QED) is 0.320. The predicted molar refractivity (Wildman–Crippen MR) is 32.8 cm³/mol. The highest BCUT2D eigenvalue weighted by atomic mass is 16.5. The maximum absolute atomic E-state index is 10.3. The van der Waals surface area contributed by atoms with E-state index in [-0.39, 0.29) is 0 Å². The van der Waals surface area contributed by atoms with Crippen molar-refractivity contribution in [2.45, 2.75) is 6.92 Å². The molecule has 9 heavy (non-hydrogen) atoms. The Bertz CT molecular complexity index is 107. The number of carbonyl (C=O) groups excluding carboxylic acids is 1. The van der Waals surface area contributed by atoms with Gasteiger partial charge >= 0.3 is 5.97 Å². The van der Waals surface area contributed by atoms with Crippen molar-refractivity contribution in [1.82, 2.24) is 0 Å². The molecular weight excluding hydrogens is 120 g/mol. The van der Waals surface area contributed by atoms with E-state index in [0.29, 0.717) is 6.61 Å². The number of carbonyl (C=O) groups is 1. The summed E-state index contributed by atoms with van der Waals surface area (Å²) in [5, 5.41) is 0. The van der Waals surface area contributed by atoms with E-state index < -0.39 is 5.97 Å². The van der Waals surface area contributed by atoms with Gasteiger partial charge in [-0.2, -0.15) is 0 Å². The topological polar surface area (TPSA) is 35.5 Å². The number of methoxy groups -OCH3 is 1. The van der Waals surface area contributed by atoms with Crippen LogP contribution in [0, 0.1) is 0 Å². The number of hydrogen-bond acceptors (Lipinski definition) is 3. The van der Waals surface area contributed by atoms with Gasteiger partial charge in [0, 0.05) is 0 Å². The Labute approximate surface area is 54.3 Å². The second-order valence-corrected chi connectivity index (χ2v) is 1.28. The van der Waals surface area contributed by atoms with Crippen LogP contribution >= 0.6 is 0 Å². The fraction of sp³-hybridized carbons (Fsp3) is 0.500. The molecule has 0 saturated heterocycles. The summed E-state index contributed by atoms with van der Waals surface area (Å²) in [6.07, 6.45) is 2.54. The van der Waals surface area contributed by atoms with Gasteiger partial charge in [-0.1, -0.05) is 0 Å². The number of rotatable bonds is 3. The van der Waals surface area contributed by atoms with Gasteiger partial charge in [-0.15, -0.1) is 0 Å². The van der Waals surface area contributed by atoms with Gasteiger partial charge in [0.25, 0.3) is 0 Å². The maximum atomic E-state index is 10.3. The molecule has 52 valence electrons. The molecule has 0 aliphatic heterocycles. The Hall–Kier alpha value is -0.990. The molecule has 3 heteroatoms. The van der Waals surface area contributed by atoms with Crippen LogP contribution in [0.25, 0.3) is 0 Å². The Morgan fingerprint density at radius 2 is 2.33 bits per heavy atom. The third kappa shape index (κ3) is 4.87. The Morgan fingerprint density at radius 1 is 1.67 bits per heavy atom. The van der Waals surface area contributed by atoms with Crippen LogP contribution in [0.4, 0.5) is 0 Å². The van der Waals surface area contributed by atoms with Crippen LogP contribution in [-0.2, 0) is 14.3 Å². The molecule has 0 aromatic carbocycles. The molecule has 0 aliphatic rings. The van der Waals surface area contributed by atoms with Crippen molar-refractivity contribution in [3.8, 4) is 0 Å².